The van der Waals surface area contributed by atoms with Crippen molar-refractivity contribution in [2.45, 2.75) is 31.0 Å². The molecule has 1 saturated carbocycles. The van der Waals surface area contributed by atoms with Gasteiger partial charge >= 0.3 is 0 Å². The maximum absolute atomic E-state index is 13.4. The minimum Gasteiger partial charge on any atom is -0.494 e. The Bertz CT molecular complexity index is 552. The van der Waals surface area contributed by atoms with Crippen LogP contribution in [-0.2, 0) is 4.74 Å². The standard InChI is InChI=1S/C15H19FN2O3/c1-20-11-7-8(4-5-10(11)16)15(19)18-13-12(17)9-3-2-6-21-14(9)13/h4-5,7,9,12-14H,2-3,6,17H2,1H3,(H,18,19). The Labute approximate surface area is 122 Å². The van der Waals surface area contributed by atoms with Crippen LogP contribution in [0.1, 0.15) is 23.2 Å². The number of amides is 1. The van der Waals surface area contributed by atoms with E-state index >= 15 is 0 Å². The van der Waals surface area contributed by atoms with E-state index in [9.17, 15) is 9.18 Å². The third-order valence-corrected chi connectivity index (χ3v) is 4.39. The molecule has 6 heteroatoms. The Morgan fingerprint density at radius 2 is 2.33 bits per heavy atom. The van der Waals surface area contributed by atoms with Crippen LogP contribution >= 0.6 is 0 Å². The number of nitrogens with one attached hydrogen (secondary N) is 1. The van der Waals surface area contributed by atoms with Crippen LogP contribution in [0, 0.1) is 11.7 Å². The highest BCUT2D eigenvalue weighted by atomic mass is 19.1. The summed E-state index contributed by atoms with van der Waals surface area (Å²) in [5.74, 6) is -0.411. The van der Waals surface area contributed by atoms with Crippen LogP contribution < -0.4 is 15.8 Å². The highest BCUT2D eigenvalue weighted by Crippen LogP contribution is 2.37. The van der Waals surface area contributed by atoms with Gasteiger partial charge in [-0.25, -0.2) is 4.39 Å². The maximum Gasteiger partial charge on any atom is 0.251 e. The number of carbonyl (C=O) groups excluding carboxylic acids is 1. The molecule has 1 aliphatic carbocycles. The summed E-state index contributed by atoms with van der Waals surface area (Å²) in [5, 5.41) is 2.89. The fraction of sp³-hybridized carbons (Fsp3) is 0.533. The molecular weight excluding hydrogens is 275 g/mol. The van der Waals surface area contributed by atoms with Gasteiger partial charge in [-0.2, -0.15) is 0 Å². The molecule has 1 heterocycles. The number of rotatable bonds is 3. The Morgan fingerprint density at radius 3 is 3.10 bits per heavy atom. The van der Waals surface area contributed by atoms with Gasteiger partial charge in [0.1, 0.15) is 0 Å². The molecule has 2 fully saturated rings. The first-order valence-corrected chi connectivity index (χ1v) is 7.13. The summed E-state index contributed by atoms with van der Waals surface area (Å²) < 4.78 is 23.9. The van der Waals surface area contributed by atoms with Crippen molar-refractivity contribution in [3.8, 4) is 5.75 Å². The molecule has 5 nitrogen and oxygen atoms in total. The van der Waals surface area contributed by atoms with E-state index in [4.69, 9.17) is 15.2 Å². The third kappa shape index (κ3) is 2.49. The molecular formula is C15H19FN2O3. The minimum absolute atomic E-state index is 0.0000407. The second-order valence-corrected chi connectivity index (χ2v) is 5.57. The molecule has 21 heavy (non-hydrogen) atoms. The van der Waals surface area contributed by atoms with Gasteiger partial charge in [0.2, 0.25) is 0 Å². The van der Waals surface area contributed by atoms with Crippen molar-refractivity contribution in [1.82, 2.24) is 5.32 Å². The minimum atomic E-state index is -0.495. The molecule has 3 N–H and O–H groups in total. The van der Waals surface area contributed by atoms with Gasteiger partial charge in [0.25, 0.3) is 5.91 Å². The van der Waals surface area contributed by atoms with Crippen molar-refractivity contribution in [3.63, 3.8) is 0 Å². The Morgan fingerprint density at radius 1 is 1.52 bits per heavy atom. The molecule has 1 aliphatic heterocycles. The smallest absolute Gasteiger partial charge is 0.251 e. The summed E-state index contributed by atoms with van der Waals surface area (Å²) in [6, 6.07) is 3.76. The molecule has 4 atom stereocenters. The first kappa shape index (κ1) is 14.3. The Hall–Kier alpha value is -1.66. The van der Waals surface area contributed by atoms with E-state index in [-0.39, 0.29) is 29.8 Å². The van der Waals surface area contributed by atoms with Gasteiger partial charge in [-0.15, -0.1) is 0 Å². The average Bonchev–Trinajstić information content (AvgIpc) is 2.52. The van der Waals surface area contributed by atoms with Crippen molar-refractivity contribution >= 4 is 5.91 Å². The maximum atomic E-state index is 13.4. The predicted octanol–water partition coefficient (Wildman–Crippen LogP) is 1.07. The first-order chi connectivity index (χ1) is 10.1. The van der Waals surface area contributed by atoms with Gasteiger partial charge in [-0.1, -0.05) is 0 Å². The van der Waals surface area contributed by atoms with E-state index in [2.05, 4.69) is 5.32 Å². The van der Waals surface area contributed by atoms with Crippen molar-refractivity contribution in [1.29, 1.82) is 0 Å². The number of hydrogen-bond acceptors (Lipinski definition) is 4. The molecule has 1 aromatic rings. The van der Waals surface area contributed by atoms with Crippen molar-refractivity contribution in [2.24, 2.45) is 11.7 Å². The fourth-order valence-corrected chi connectivity index (χ4v) is 3.16. The van der Waals surface area contributed by atoms with E-state index in [0.29, 0.717) is 18.1 Å². The summed E-state index contributed by atoms with van der Waals surface area (Å²) in [5.41, 5.74) is 6.45. The zero-order valence-corrected chi connectivity index (χ0v) is 11.8. The summed E-state index contributed by atoms with van der Waals surface area (Å²) in [7, 11) is 1.36. The number of nitrogens with two attached hydrogens (primary N) is 1. The number of hydrogen-bond donors (Lipinski definition) is 2. The average molecular weight is 294 g/mol. The van der Waals surface area contributed by atoms with Gasteiger partial charge in [0, 0.05) is 24.1 Å². The van der Waals surface area contributed by atoms with Crippen LogP contribution in [0.3, 0.4) is 0 Å². The normalized spacial score (nSPS) is 31.0. The highest BCUT2D eigenvalue weighted by Gasteiger charge is 2.51. The molecule has 0 spiro atoms. The quantitative estimate of drug-likeness (QED) is 0.874. The topological polar surface area (TPSA) is 73.6 Å². The number of methoxy groups -OCH3 is 1. The van der Waals surface area contributed by atoms with Crippen LogP contribution in [0.5, 0.6) is 5.75 Å². The molecule has 1 aromatic carbocycles. The molecule has 114 valence electrons. The van der Waals surface area contributed by atoms with E-state index in [1.807, 2.05) is 0 Å². The van der Waals surface area contributed by atoms with Crippen LogP contribution in [0.25, 0.3) is 0 Å². The lowest BCUT2D eigenvalue weighted by Crippen LogP contribution is -2.72. The van der Waals surface area contributed by atoms with Crippen LogP contribution in [0.15, 0.2) is 18.2 Å². The zero-order valence-electron chi connectivity index (χ0n) is 11.8. The van der Waals surface area contributed by atoms with Gasteiger partial charge in [0.05, 0.1) is 19.3 Å². The predicted molar refractivity (Wildman–Crippen MR) is 74.6 cm³/mol. The molecule has 1 saturated heterocycles. The summed E-state index contributed by atoms with van der Waals surface area (Å²) >= 11 is 0. The number of carbonyl (C=O) groups is 1. The van der Waals surface area contributed by atoms with Gasteiger partial charge < -0.3 is 20.5 Å². The van der Waals surface area contributed by atoms with E-state index < -0.39 is 5.82 Å². The van der Waals surface area contributed by atoms with Crippen LogP contribution in [0.4, 0.5) is 4.39 Å². The molecule has 2 aliphatic rings. The lowest BCUT2D eigenvalue weighted by molar-refractivity contribution is -0.117. The fourth-order valence-electron chi connectivity index (χ4n) is 3.16. The number of halogens is 1. The lowest BCUT2D eigenvalue weighted by Gasteiger charge is -2.52. The van der Waals surface area contributed by atoms with Crippen LogP contribution in [0.2, 0.25) is 0 Å². The first-order valence-electron chi connectivity index (χ1n) is 7.13. The van der Waals surface area contributed by atoms with Crippen molar-refractivity contribution < 1.29 is 18.7 Å². The Balaban J connectivity index is 1.69. The van der Waals surface area contributed by atoms with Crippen molar-refractivity contribution in [3.05, 3.63) is 29.6 Å². The Kier molecular flexibility index (Phi) is 3.82. The summed E-state index contributed by atoms with van der Waals surface area (Å²) in [6.45, 7) is 0.713. The second kappa shape index (κ2) is 5.61. The number of ether oxygens (including phenoxy) is 2. The molecule has 1 amide bonds. The van der Waals surface area contributed by atoms with Gasteiger partial charge in [-0.3, -0.25) is 4.79 Å². The van der Waals surface area contributed by atoms with E-state index in [1.165, 1.54) is 25.3 Å². The van der Waals surface area contributed by atoms with Gasteiger partial charge in [-0.05, 0) is 31.0 Å². The molecule has 0 bridgehead atoms. The van der Waals surface area contributed by atoms with Crippen LogP contribution in [-0.4, -0.2) is 37.8 Å². The summed E-state index contributed by atoms with van der Waals surface area (Å²) in [6.07, 6.45) is 2.06. The van der Waals surface area contributed by atoms with E-state index in [0.717, 1.165) is 12.8 Å². The molecule has 4 unspecified atom stereocenters. The zero-order chi connectivity index (χ0) is 15.0. The highest BCUT2D eigenvalue weighted by molar-refractivity contribution is 5.95. The number of fused-ring (bicyclic) bond motifs is 1. The molecule has 3 rings (SSSR count). The van der Waals surface area contributed by atoms with Gasteiger partial charge in [0.15, 0.2) is 11.6 Å². The number of benzene rings is 1. The monoisotopic (exact) mass is 294 g/mol. The third-order valence-electron chi connectivity index (χ3n) is 4.39. The SMILES string of the molecule is COc1cc(C(=O)NC2C(N)C3CCCOC32)ccc1F. The largest absolute Gasteiger partial charge is 0.494 e. The second-order valence-electron chi connectivity index (χ2n) is 5.57. The summed E-state index contributed by atoms with van der Waals surface area (Å²) in [4.78, 5) is 12.2. The molecule has 0 radical (unpaired) electrons. The van der Waals surface area contributed by atoms with Crippen molar-refractivity contribution in [2.75, 3.05) is 13.7 Å². The molecule has 0 aromatic heterocycles. The van der Waals surface area contributed by atoms with E-state index in [1.54, 1.807) is 0 Å². The lowest BCUT2D eigenvalue weighted by atomic mass is 9.68.